The van der Waals surface area contributed by atoms with Crippen molar-refractivity contribution in [3.8, 4) is 0 Å². The third kappa shape index (κ3) is 2.46. The van der Waals surface area contributed by atoms with Crippen LogP contribution in [0.4, 0.5) is 11.6 Å². The first-order valence-corrected chi connectivity index (χ1v) is 6.00. The Morgan fingerprint density at radius 2 is 2.19 bits per heavy atom. The first-order valence-electron chi connectivity index (χ1n) is 6.00. The first kappa shape index (κ1) is 11.2. The van der Waals surface area contributed by atoms with Crippen LogP contribution in [0.2, 0.25) is 0 Å². The second-order valence-corrected chi connectivity index (χ2v) is 5.32. The van der Waals surface area contributed by atoms with Crippen LogP contribution in [0.3, 0.4) is 0 Å². The molecule has 0 aromatic carbocycles. The zero-order valence-electron chi connectivity index (χ0n) is 10.5. The number of anilines is 2. The number of hydrogen-bond acceptors (Lipinski definition) is 3. The van der Waals surface area contributed by atoms with Gasteiger partial charge in [-0.1, -0.05) is 19.9 Å². The minimum absolute atomic E-state index is 0.412. The smallest absolute Gasteiger partial charge is 0.130 e. The van der Waals surface area contributed by atoms with Crippen molar-refractivity contribution in [3.05, 3.63) is 18.2 Å². The second-order valence-electron chi connectivity index (χ2n) is 5.32. The average molecular weight is 219 g/mol. The molecule has 88 valence electrons. The molecule has 1 aliphatic rings. The van der Waals surface area contributed by atoms with E-state index in [1.54, 1.807) is 0 Å². The van der Waals surface area contributed by atoms with Gasteiger partial charge in [0.25, 0.3) is 0 Å². The summed E-state index contributed by atoms with van der Waals surface area (Å²) in [6.45, 7) is 6.90. The molecule has 0 aliphatic carbocycles. The van der Waals surface area contributed by atoms with Gasteiger partial charge in [-0.15, -0.1) is 0 Å². The highest BCUT2D eigenvalue weighted by Gasteiger charge is 2.26. The summed E-state index contributed by atoms with van der Waals surface area (Å²) in [5.74, 6) is 2.04. The van der Waals surface area contributed by atoms with E-state index in [2.05, 4.69) is 41.2 Å². The third-order valence-corrected chi connectivity index (χ3v) is 3.22. The van der Waals surface area contributed by atoms with Gasteiger partial charge in [-0.05, 0) is 30.4 Å². The number of nitrogens with zero attached hydrogens (tertiary/aromatic N) is 2. The van der Waals surface area contributed by atoms with E-state index < -0.39 is 0 Å². The molecule has 1 aliphatic heterocycles. The van der Waals surface area contributed by atoms with Crippen molar-refractivity contribution in [2.75, 3.05) is 30.4 Å². The molecule has 0 spiro atoms. The Hall–Kier alpha value is -1.25. The molecule has 1 aromatic rings. The molecule has 3 heteroatoms. The van der Waals surface area contributed by atoms with Crippen LogP contribution in [0.15, 0.2) is 18.2 Å². The van der Waals surface area contributed by atoms with Gasteiger partial charge in [0, 0.05) is 20.1 Å². The molecule has 1 fully saturated rings. The van der Waals surface area contributed by atoms with E-state index in [1.165, 1.54) is 12.8 Å². The van der Waals surface area contributed by atoms with E-state index in [4.69, 9.17) is 0 Å². The number of hydrogen-bond donors (Lipinski definition) is 1. The number of aromatic nitrogens is 1. The van der Waals surface area contributed by atoms with Gasteiger partial charge in [-0.2, -0.15) is 0 Å². The fraction of sp³-hybridized carbons (Fsp3) is 0.615. The van der Waals surface area contributed by atoms with Crippen LogP contribution in [-0.4, -0.2) is 25.1 Å². The topological polar surface area (TPSA) is 28.2 Å². The van der Waals surface area contributed by atoms with Crippen LogP contribution in [0.5, 0.6) is 0 Å². The molecule has 2 rings (SSSR count). The van der Waals surface area contributed by atoms with Crippen molar-refractivity contribution in [2.24, 2.45) is 5.41 Å². The van der Waals surface area contributed by atoms with Gasteiger partial charge in [-0.3, -0.25) is 0 Å². The molecule has 1 aromatic heterocycles. The van der Waals surface area contributed by atoms with Crippen LogP contribution in [-0.2, 0) is 0 Å². The summed E-state index contributed by atoms with van der Waals surface area (Å²) in [7, 11) is 1.91. The van der Waals surface area contributed by atoms with E-state index in [0.717, 1.165) is 24.7 Å². The number of pyridine rings is 1. The number of piperidine rings is 1. The van der Waals surface area contributed by atoms with Crippen molar-refractivity contribution in [1.29, 1.82) is 0 Å². The van der Waals surface area contributed by atoms with Crippen molar-refractivity contribution < 1.29 is 0 Å². The fourth-order valence-electron chi connectivity index (χ4n) is 2.36. The lowest BCUT2D eigenvalue weighted by Crippen LogP contribution is -2.40. The molecule has 0 saturated carbocycles. The minimum atomic E-state index is 0.412. The number of nitrogens with one attached hydrogen (secondary N) is 1. The van der Waals surface area contributed by atoms with E-state index in [1.807, 2.05) is 13.1 Å². The molecule has 1 saturated heterocycles. The molecule has 3 nitrogen and oxygen atoms in total. The highest BCUT2D eigenvalue weighted by molar-refractivity contribution is 5.47. The lowest BCUT2D eigenvalue weighted by atomic mass is 9.84. The predicted octanol–water partition coefficient (Wildman–Crippen LogP) is 2.75. The highest BCUT2D eigenvalue weighted by Crippen LogP contribution is 2.30. The standard InChI is InChI=1S/C13H21N3/c1-13(2)8-5-9-16(10-13)12-7-4-6-11(14-3)15-12/h4,6-7H,5,8-10H2,1-3H3,(H,14,15). The Balaban J connectivity index is 2.16. The van der Waals surface area contributed by atoms with E-state index in [-0.39, 0.29) is 0 Å². The largest absolute Gasteiger partial charge is 0.373 e. The Labute approximate surface area is 97.9 Å². The van der Waals surface area contributed by atoms with E-state index in [0.29, 0.717) is 5.41 Å². The summed E-state index contributed by atoms with van der Waals surface area (Å²) in [6.07, 6.45) is 2.58. The molecule has 2 heterocycles. The van der Waals surface area contributed by atoms with Gasteiger partial charge in [0.05, 0.1) is 0 Å². The van der Waals surface area contributed by atoms with Gasteiger partial charge < -0.3 is 10.2 Å². The SMILES string of the molecule is CNc1cccc(N2CCCC(C)(C)C2)n1. The molecule has 0 amide bonds. The number of rotatable bonds is 2. The summed E-state index contributed by atoms with van der Waals surface area (Å²) >= 11 is 0. The van der Waals surface area contributed by atoms with Gasteiger partial charge in [0.2, 0.25) is 0 Å². The molecule has 0 bridgehead atoms. The molecule has 0 radical (unpaired) electrons. The van der Waals surface area contributed by atoms with Crippen LogP contribution in [0, 0.1) is 5.41 Å². The second kappa shape index (κ2) is 4.32. The fourth-order valence-corrected chi connectivity index (χ4v) is 2.36. The summed E-state index contributed by atoms with van der Waals surface area (Å²) in [5, 5.41) is 3.09. The maximum atomic E-state index is 4.60. The summed E-state index contributed by atoms with van der Waals surface area (Å²) in [6, 6.07) is 6.16. The molecule has 16 heavy (non-hydrogen) atoms. The third-order valence-electron chi connectivity index (χ3n) is 3.22. The molecule has 0 unspecified atom stereocenters. The average Bonchev–Trinajstić information content (AvgIpc) is 2.28. The van der Waals surface area contributed by atoms with Crippen LogP contribution in [0.25, 0.3) is 0 Å². The minimum Gasteiger partial charge on any atom is -0.373 e. The molecule has 0 atom stereocenters. The van der Waals surface area contributed by atoms with Crippen molar-refractivity contribution >= 4 is 11.6 Å². The van der Waals surface area contributed by atoms with Gasteiger partial charge in [0.15, 0.2) is 0 Å². The zero-order chi connectivity index (χ0) is 11.6. The summed E-state index contributed by atoms with van der Waals surface area (Å²) in [5.41, 5.74) is 0.412. The molecule has 1 N–H and O–H groups in total. The van der Waals surface area contributed by atoms with Crippen LogP contribution in [0.1, 0.15) is 26.7 Å². The van der Waals surface area contributed by atoms with Crippen molar-refractivity contribution in [3.63, 3.8) is 0 Å². The quantitative estimate of drug-likeness (QED) is 0.829. The Bertz CT molecular complexity index is 360. The Morgan fingerprint density at radius 3 is 2.88 bits per heavy atom. The van der Waals surface area contributed by atoms with Crippen molar-refractivity contribution in [1.82, 2.24) is 4.98 Å². The summed E-state index contributed by atoms with van der Waals surface area (Å²) < 4.78 is 0. The van der Waals surface area contributed by atoms with Gasteiger partial charge in [0.1, 0.15) is 11.6 Å². The normalized spacial score (nSPS) is 19.6. The predicted molar refractivity (Wildman–Crippen MR) is 69.0 cm³/mol. The lowest BCUT2D eigenvalue weighted by Gasteiger charge is -2.38. The maximum absolute atomic E-state index is 4.60. The Kier molecular flexibility index (Phi) is 3.03. The van der Waals surface area contributed by atoms with E-state index in [9.17, 15) is 0 Å². The van der Waals surface area contributed by atoms with Crippen molar-refractivity contribution in [2.45, 2.75) is 26.7 Å². The monoisotopic (exact) mass is 219 g/mol. The van der Waals surface area contributed by atoms with Gasteiger partial charge in [-0.25, -0.2) is 4.98 Å². The maximum Gasteiger partial charge on any atom is 0.130 e. The summed E-state index contributed by atoms with van der Waals surface area (Å²) in [4.78, 5) is 6.99. The Morgan fingerprint density at radius 1 is 1.38 bits per heavy atom. The molecular weight excluding hydrogens is 198 g/mol. The highest BCUT2D eigenvalue weighted by atomic mass is 15.2. The zero-order valence-corrected chi connectivity index (χ0v) is 10.5. The van der Waals surface area contributed by atoms with Crippen LogP contribution < -0.4 is 10.2 Å². The van der Waals surface area contributed by atoms with Crippen LogP contribution >= 0.6 is 0 Å². The molecular formula is C13H21N3. The lowest BCUT2D eigenvalue weighted by molar-refractivity contribution is 0.292. The van der Waals surface area contributed by atoms with E-state index >= 15 is 0 Å². The first-order chi connectivity index (χ1) is 7.61. The van der Waals surface area contributed by atoms with Gasteiger partial charge >= 0.3 is 0 Å².